The van der Waals surface area contributed by atoms with Gasteiger partial charge in [-0.15, -0.1) is 0 Å². The Balaban J connectivity index is 1.84. The first-order valence-electron chi connectivity index (χ1n) is 7.36. The highest BCUT2D eigenvalue weighted by molar-refractivity contribution is 9.10. The Bertz CT molecular complexity index is 666. The molecule has 0 atom stereocenters. The highest BCUT2D eigenvalue weighted by atomic mass is 79.9. The van der Waals surface area contributed by atoms with E-state index in [1.807, 2.05) is 12.1 Å². The molecule has 110 valence electrons. The molecule has 0 bridgehead atoms. The number of hydrogen-bond donors (Lipinski definition) is 0. The normalized spacial score (nSPS) is 14.5. The minimum Gasteiger partial charge on any atom is -0.439 e. The Morgan fingerprint density at radius 2 is 1.95 bits per heavy atom. The maximum atomic E-state index is 5.91. The monoisotopic (exact) mass is 346 g/mol. The van der Waals surface area contributed by atoms with Crippen molar-refractivity contribution in [2.45, 2.75) is 45.4 Å². The van der Waals surface area contributed by atoms with E-state index >= 15 is 0 Å². The van der Waals surface area contributed by atoms with E-state index in [2.05, 4.69) is 58.8 Å². The first-order valence-corrected chi connectivity index (χ1v) is 8.15. The van der Waals surface area contributed by atoms with Crippen LogP contribution in [0.5, 0.6) is 11.6 Å². The van der Waals surface area contributed by atoms with Crippen molar-refractivity contribution >= 4 is 15.9 Å². The SMILES string of the molecule is Cc1cc(Oc2cc(Br)nc(C3CC3)n2)ccc1C(C)C. The molecular formula is C17H19BrN2O. The van der Waals surface area contributed by atoms with Gasteiger partial charge in [-0.3, -0.25) is 0 Å². The van der Waals surface area contributed by atoms with E-state index in [0.29, 0.717) is 17.7 Å². The van der Waals surface area contributed by atoms with Crippen molar-refractivity contribution in [1.29, 1.82) is 0 Å². The maximum Gasteiger partial charge on any atom is 0.223 e. The number of aromatic nitrogens is 2. The van der Waals surface area contributed by atoms with Crippen LogP contribution in [0.15, 0.2) is 28.9 Å². The Kier molecular flexibility index (Phi) is 3.98. The van der Waals surface area contributed by atoms with Gasteiger partial charge in [0.25, 0.3) is 0 Å². The number of hydrogen-bond acceptors (Lipinski definition) is 3. The summed E-state index contributed by atoms with van der Waals surface area (Å²) >= 11 is 3.44. The molecule has 1 heterocycles. The van der Waals surface area contributed by atoms with Gasteiger partial charge in [0.15, 0.2) is 0 Å². The molecule has 21 heavy (non-hydrogen) atoms. The Labute approximate surface area is 133 Å². The molecule has 2 aromatic rings. The molecule has 0 amide bonds. The van der Waals surface area contributed by atoms with Crippen LogP contribution in [0.2, 0.25) is 0 Å². The lowest BCUT2D eigenvalue weighted by Crippen LogP contribution is -1.97. The van der Waals surface area contributed by atoms with Crippen molar-refractivity contribution in [1.82, 2.24) is 9.97 Å². The number of nitrogens with zero attached hydrogens (tertiary/aromatic N) is 2. The summed E-state index contributed by atoms with van der Waals surface area (Å²) < 4.78 is 6.69. The summed E-state index contributed by atoms with van der Waals surface area (Å²) in [7, 11) is 0. The molecule has 1 aromatic carbocycles. The number of aryl methyl sites for hydroxylation is 1. The summed E-state index contributed by atoms with van der Waals surface area (Å²) in [6.07, 6.45) is 2.36. The second-order valence-electron chi connectivity index (χ2n) is 5.94. The van der Waals surface area contributed by atoms with Gasteiger partial charge in [-0.2, -0.15) is 4.98 Å². The lowest BCUT2D eigenvalue weighted by Gasteiger charge is -2.12. The Morgan fingerprint density at radius 3 is 2.57 bits per heavy atom. The predicted octanol–water partition coefficient (Wildman–Crippen LogP) is 5.34. The third kappa shape index (κ3) is 3.43. The van der Waals surface area contributed by atoms with Gasteiger partial charge in [-0.25, -0.2) is 4.98 Å². The third-order valence-electron chi connectivity index (χ3n) is 3.72. The first kappa shape index (κ1) is 14.5. The van der Waals surface area contributed by atoms with Crippen LogP contribution in [0.1, 0.15) is 55.5 Å². The van der Waals surface area contributed by atoms with Crippen molar-refractivity contribution in [3.05, 3.63) is 45.8 Å². The Morgan fingerprint density at radius 1 is 1.19 bits per heavy atom. The predicted molar refractivity (Wildman–Crippen MR) is 87.0 cm³/mol. The van der Waals surface area contributed by atoms with Crippen molar-refractivity contribution < 1.29 is 4.74 Å². The molecule has 0 N–H and O–H groups in total. The number of rotatable bonds is 4. The molecular weight excluding hydrogens is 328 g/mol. The zero-order chi connectivity index (χ0) is 15.0. The van der Waals surface area contributed by atoms with E-state index in [-0.39, 0.29) is 0 Å². The third-order valence-corrected chi connectivity index (χ3v) is 4.12. The average Bonchev–Trinajstić information content (AvgIpc) is 3.21. The quantitative estimate of drug-likeness (QED) is 0.700. The summed E-state index contributed by atoms with van der Waals surface area (Å²) in [5, 5.41) is 0. The van der Waals surface area contributed by atoms with Gasteiger partial charge in [0.1, 0.15) is 16.2 Å². The molecule has 0 saturated heterocycles. The van der Waals surface area contributed by atoms with Crippen LogP contribution in [-0.2, 0) is 0 Å². The van der Waals surface area contributed by atoms with E-state index in [4.69, 9.17) is 4.74 Å². The van der Waals surface area contributed by atoms with E-state index < -0.39 is 0 Å². The fourth-order valence-electron chi connectivity index (χ4n) is 2.47. The summed E-state index contributed by atoms with van der Waals surface area (Å²) in [6.45, 7) is 6.52. The van der Waals surface area contributed by atoms with Gasteiger partial charge in [0, 0.05) is 12.0 Å². The number of benzene rings is 1. The summed E-state index contributed by atoms with van der Waals surface area (Å²) in [6, 6.07) is 8.03. The lowest BCUT2D eigenvalue weighted by atomic mass is 9.98. The van der Waals surface area contributed by atoms with E-state index in [0.717, 1.165) is 16.2 Å². The van der Waals surface area contributed by atoms with Gasteiger partial charge < -0.3 is 4.74 Å². The van der Waals surface area contributed by atoms with Gasteiger partial charge in [0.05, 0.1) is 0 Å². The van der Waals surface area contributed by atoms with Crippen LogP contribution in [0.4, 0.5) is 0 Å². The standard InChI is InChI=1S/C17H19BrN2O/c1-10(2)14-7-6-13(8-11(14)3)21-16-9-15(18)19-17(20-16)12-4-5-12/h6-10,12H,4-5H2,1-3H3. The van der Waals surface area contributed by atoms with Gasteiger partial charge in [-0.05, 0) is 64.9 Å². The van der Waals surface area contributed by atoms with E-state index in [9.17, 15) is 0 Å². The number of halogens is 1. The van der Waals surface area contributed by atoms with Gasteiger partial charge in [-0.1, -0.05) is 19.9 Å². The first-order chi connectivity index (χ1) is 10.0. The molecule has 0 radical (unpaired) electrons. The van der Waals surface area contributed by atoms with Crippen molar-refractivity contribution in [2.24, 2.45) is 0 Å². The topological polar surface area (TPSA) is 35.0 Å². The molecule has 0 spiro atoms. The minimum atomic E-state index is 0.509. The molecule has 1 aromatic heterocycles. The van der Waals surface area contributed by atoms with Crippen LogP contribution in [0, 0.1) is 6.92 Å². The fraction of sp³-hybridized carbons (Fsp3) is 0.412. The molecule has 1 aliphatic rings. The molecule has 4 heteroatoms. The molecule has 1 fully saturated rings. The molecule has 3 rings (SSSR count). The van der Waals surface area contributed by atoms with Crippen molar-refractivity contribution in [3.63, 3.8) is 0 Å². The van der Waals surface area contributed by atoms with Crippen LogP contribution < -0.4 is 4.74 Å². The van der Waals surface area contributed by atoms with Gasteiger partial charge in [0.2, 0.25) is 5.88 Å². The lowest BCUT2D eigenvalue weighted by molar-refractivity contribution is 0.457. The average molecular weight is 347 g/mol. The summed E-state index contributed by atoms with van der Waals surface area (Å²) in [5.74, 6) is 3.35. The highest BCUT2D eigenvalue weighted by Crippen LogP contribution is 2.39. The van der Waals surface area contributed by atoms with E-state index in [1.165, 1.54) is 24.0 Å². The molecule has 1 aliphatic carbocycles. The fourth-order valence-corrected chi connectivity index (χ4v) is 2.85. The minimum absolute atomic E-state index is 0.509. The molecule has 1 saturated carbocycles. The maximum absolute atomic E-state index is 5.91. The molecule has 0 unspecified atom stereocenters. The van der Waals surface area contributed by atoms with Crippen LogP contribution >= 0.6 is 15.9 Å². The Hall–Kier alpha value is -1.42. The summed E-state index contributed by atoms with van der Waals surface area (Å²) in [5.41, 5.74) is 2.60. The molecule has 3 nitrogen and oxygen atoms in total. The molecule has 0 aliphatic heterocycles. The largest absolute Gasteiger partial charge is 0.439 e. The van der Waals surface area contributed by atoms with Gasteiger partial charge >= 0.3 is 0 Å². The second-order valence-corrected chi connectivity index (χ2v) is 6.75. The van der Waals surface area contributed by atoms with E-state index in [1.54, 1.807) is 0 Å². The summed E-state index contributed by atoms with van der Waals surface area (Å²) in [4.78, 5) is 8.93. The smallest absolute Gasteiger partial charge is 0.223 e. The zero-order valence-corrected chi connectivity index (χ0v) is 14.1. The van der Waals surface area contributed by atoms with Crippen LogP contribution in [0.25, 0.3) is 0 Å². The highest BCUT2D eigenvalue weighted by Gasteiger charge is 2.27. The van der Waals surface area contributed by atoms with Crippen molar-refractivity contribution in [2.75, 3.05) is 0 Å². The van der Waals surface area contributed by atoms with Crippen LogP contribution in [0.3, 0.4) is 0 Å². The van der Waals surface area contributed by atoms with Crippen molar-refractivity contribution in [3.8, 4) is 11.6 Å². The number of ether oxygens (including phenoxy) is 1. The zero-order valence-electron chi connectivity index (χ0n) is 12.6. The second kappa shape index (κ2) is 5.76. The van der Waals surface area contributed by atoms with Crippen LogP contribution in [-0.4, -0.2) is 9.97 Å².